The molecular formula is C17H19Cl2N3O5. The molecule has 0 aromatic heterocycles. The molecule has 1 saturated heterocycles. The van der Waals surface area contributed by atoms with E-state index in [4.69, 9.17) is 27.9 Å². The highest BCUT2D eigenvalue weighted by Gasteiger charge is 2.47. The van der Waals surface area contributed by atoms with Gasteiger partial charge in [0, 0.05) is 5.02 Å². The van der Waals surface area contributed by atoms with Gasteiger partial charge in [-0.05, 0) is 38.5 Å². The molecule has 2 N–H and O–H groups in total. The van der Waals surface area contributed by atoms with Crippen LogP contribution in [0.5, 0.6) is 0 Å². The molecule has 10 heteroatoms. The highest BCUT2D eigenvalue weighted by Crippen LogP contribution is 2.25. The van der Waals surface area contributed by atoms with Gasteiger partial charge in [-0.25, -0.2) is 4.79 Å². The van der Waals surface area contributed by atoms with Crippen LogP contribution in [0.1, 0.15) is 27.2 Å². The van der Waals surface area contributed by atoms with E-state index in [1.807, 2.05) is 0 Å². The zero-order valence-corrected chi connectivity index (χ0v) is 16.5. The summed E-state index contributed by atoms with van der Waals surface area (Å²) in [6.07, 6.45) is -0.798. The van der Waals surface area contributed by atoms with E-state index in [2.05, 4.69) is 10.6 Å². The molecule has 1 aliphatic rings. The van der Waals surface area contributed by atoms with Gasteiger partial charge < -0.3 is 15.4 Å². The molecule has 0 spiro atoms. The molecule has 0 radical (unpaired) electrons. The topological polar surface area (TPSA) is 105 Å². The lowest BCUT2D eigenvalue weighted by molar-refractivity contribution is -0.155. The Hall–Kier alpha value is -2.32. The maximum Gasteiger partial charge on any atom is 0.327 e. The van der Waals surface area contributed by atoms with Crippen molar-refractivity contribution in [1.29, 1.82) is 0 Å². The number of urea groups is 1. The van der Waals surface area contributed by atoms with Gasteiger partial charge in [0.15, 0.2) is 6.10 Å². The van der Waals surface area contributed by atoms with Crippen molar-refractivity contribution in [3.8, 4) is 0 Å². The predicted octanol–water partition coefficient (Wildman–Crippen LogP) is 2.58. The number of hydrogen-bond acceptors (Lipinski definition) is 5. The van der Waals surface area contributed by atoms with Gasteiger partial charge in [0.1, 0.15) is 12.1 Å². The summed E-state index contributed by atoms with van der Waals surface area (Å²) in [4.78, 5) is 49.2. The van der Waals surface area contributed by atoms with Crippen molar-refractivity contribution in [3.63, 3.8) is 0 Å². The van der Waals surface area contributed by atoms with Gasteiger partial charge >= 0.3 is 12.0 Å². The Bertz CT molecular complexity index is 801. The first-order valence-corrected chi connectivity index (χ1v) is 8.92. The van der Waals surface area contributed by atoms with E-state index in [-0.39, 0.29) is 10.7 Å². The van der Waals surface area contributed by atoms with Crippen molar-refractivity contribution in [2.45, 2.75) is 38.8 Å². The van der Waals surface area contributed by atoms with Crippen molar-refractivity contribution < 1.29 is 23.9 Å². The standard InChI is InChI=1S/C17H19Cl2N3O5/c1-4-17(3)15(25)22(16(26)21-17)8-13(23)27-9(2)14(24)20-12-7-10(18)5-6-11(12)19/h5-7,9H,4,8H2,1-3H3,(H,20,24)(H,21,26)/t9-,17-/m0/s1. The SMILES string of the molecule is CC[C@]1(C)NC(=O)N(CC(=O)O[C@@H](C)C(=O)Nc2cc(Cl)ccc2Cl)C1=O. The van der Waals surface area contributed by atoms with Gasteiger partial charge in [-0.1, -0.05) is 30.1 Å². The van der Waals surface area contributed by atoms with Crippen LogP contribution >= 0.6 is 23.2 Å². The molecule has 1 aromatic rings. The summed E-state index contributed by atoms with van der Waals surface area (Å²) in [6, 6.07) is 3.85. The van der Waals surface area contributed by atoms with Gasteiger partial charge in [0.2, 0.25) is 0 Å². The molecule has 1 aliphatic heterocycles. The summed E-state index contributed by atoms with van der Waals surface area (Å²) >= 11 is 11.8. The van der Waals surface area contributed by atoms with Crippen molar-refractivity contribution >= 4 is 52.7 Å². The van der Waals surface area contributed by atoms with Crippen molar-refractivity contribution in [1.82, 2.24) is 10.2 Å². The quantitative estimate of drug-likeness (QED) is 0.548. The molecule has 8 nitrogen and oxygen atoms in total. The maximum absolute atomic E-state index is 12.3. The average molecular weight is 416 g/mol. The van der Waals surface area contributed by atoms with E-state index in [1.165, 1.54) is 19.1 Å². The molecule has 0 unspecified atom stereocenters. The molecule has 27 heavy (non-hydrogen) atoms. The average Bonchev–Trinajstić information content (AvgIpc) is 2.81. The largest absolute Gasteiger partial charge is 0.451 e. The number of carbonyl (C=O) groups is 4. The van der Waals surface area contributed by atoms with Crippen LogP contribution in [0.3, 0.4) is 0 Å². The van der Waals surface area contributed by atoms with E-state index >= 15 is 0 Å². The first kappa shape index (κ1) is 21.0. The Morgan fingerprint density at radius 2 is 2.00 bits per heavy atom. The second-order valence-electron chi connectivity index (χ2n) is 6.25. The van der Waals surface area contributed by atoms with Crippen LogP contribution in [0.2, 0.25) is 10.0 Å². The minimum Gasteiger partial charge on any atom is -0.451 e. The lowest BCUT2D eigenvalue weighted by Crippen LogP contribution is -2.44. The van der Waals surface area contributed by atoms with Crippen LogP contribution in [0.25, 0.3) is 0 Å². The highest BCUT2D eigenvalue weighted by molar-refractivity contribution is 6.35. The maximum atomic E-state index is 12.3. The monoisotopic (exact) mass is 415 g/mol. The van der Waals surface area contributed by atoms with Gasteiger partial charge in [0.05, 0.1) is 10.7 Å². The Balaban J connectivity index is 1.95. The molecule has 0 bridgehead atoms. The van der Waals surface area contributed by atoms with Crippen LogP contribution in [0.15, 0.2) is 18.2 Å². The fraction of sp³-hybridized carbons (Fsp3) is 0.412. The van der Waals surface area contributed by atoms with E-state index in [0.29, 0.717) is 11.4 Å². The normalized spacial score (nSPS) is 20.3. The number of carbonyl (C=O) groups excluding carboxylic acids is 4. The van der Waals surface area contributed by atoms with E-state index in [1.54, 1.807) is 19.9 Å². The van der Waals surface area contributed by atoms with Crippen LogP contribution in [-0.2, 0) is 19.1 Å². The molecule has 0 aliphatic carbocycles. The van der Waals surface area contributed by atoms with Crippen LogP contribution in [-0.4, -0.2) is 46.9 Å². The number of anilines is 1. The minimum absolute atomic E-state index is 0.268. The summed E-state index contributed by atoms with van der Waals surface area (Å²) in [5.74, 6) is -2.04. The van der Waals surface area contributed by atoms with Crippen LogP contribution < -0.4 is 10.6 Å². The zero-order valence-electron chi connectivity index (χ0n) is 15.0. The highest BCUT2D eigenvalue weighted by atomic mass is 35.5. The molecule has 1 fully saturated rings. The Kier molecular flexibility index (Phi) is 6.33. The minimum atomic E-state index is -1.18. The molecule has 146 valence electrons. The molecule has 2 rings (SSSR count). The molecule has 2 atom stereocenters. The van der Waals surface area contributed by atoms with Crippen LogP contribution in [0, 0.1) is 0 Å². The molecular weight excluding hydrogens is 397 g/mol. The zero-order chi connectivity index (χ0) is 20.4. The second-order valence-corrected chi connectivity index (χ2v) is 7.10. The van der Waals surface area contributed by atoms with E-state index in [0.717, 1.165) is 4.90 Å². The van der Waals surface area contributed by atoms with Crippen molar-refractivity contribution in [3.05, 3.63) is 28.2 Å². The summed E-state index contributed by atoms with van der Waals surface area (Å²) in [5.41, 5.74) is -0.783. The molecule has 1 aromatic carbocycles. The van der Waals surface area contributed by atoms with E-state index < -0.39 is 42.0 Å². The van der Waals surface area contributed by atoms with Gasteiger partial charge in [-0.15, -0.1) is 0 Å². The summed E-state index contributed by atoms with van der Waals surface area (Å²) < 4.78 is 5.01. The van der Waals surface area contributed by atoms with E-state index in [9.17, 15) is 19.2 Å². The summed E-state index contributed by atoms with van der Waals surface area (Å²) in [7, 11) is 0. The Morgan fingerprint density at radius 1 is 1.33 bits per heavy atom. The number of esters is 1. The Labute approximate surface area is 166 Å². The second kappa shape index (κ2) is 8.14. The fourth-order valence-electron chi connectivity index (χ4n) is 2.37. The fourth-order valence-corrected chi connectivity index (χ4v) is 2.71. The van der Waals surface area contributed by atoms with Crippen molar-refractivity contribution in [2.75, 3.05) is 11.9 Å². The number of benzene rings is 1. The van der Waals surface area contributed by atoms with Crippen LogP contribution in [0.4, 0.5) is 10.5 Å². The first-order chi connectivity index (χ1) is 12.6. The van der Waals surface area contributed by atoms with Gasteiger partial charge in [-0.3, -0.25) is 19.3 Å². The molecule has 1 heterocycles. The number of hydrogen-bond donors (Lipinski definition) is 2. The summed E-state index contributed by atoms with van der Waals surface area (Å²) in [6.45, 7) is 4.08. The van der Waals surface area contributed by atoms with Crippen molar-refractivity contribution in [2.24, 2.45) is 0 Å². The number of halogens is 2. The molecule has 4 amide bonds. The smallest absolute Gasteiger partial charge is 0.327 e. The lowest BCUT2D eigenvalue weighted by atomic mass is 9.99. The van der Waals surface area contributed by atoms with Gasteiger partial charge in [-0.2, -0.15) is 0 Å². The number of rotatable bonds is 6. The molecule has 0 saturated carbocycles. The number of ether oxygens (including phenoxy) is 1. The first-order valence-electron chi connectivity index (χ1n) is 8.17. The summed E-state index contributed by atoms with van der Waals surface area (Å²) in [5, 5.41) is 5.67. The number of nitrogens with zero attached hydrogens (tertiary/aromatic N) is 1. The third-order valence-corrected chi connectivity index (χ3v) is 4.77. The number of imide groups is 1. The Morgan fingerprint density at radius 3 is 2.59 bits per heavy atom. The van der Waals surface area contributed by atoms with Gasteiger partial charge in [0.25, 0.3) is 11.8 Å². The number of amides is 4. The third-order valence-electron chi connectivity index (χ3n) is 4.20. The third kappa shape index (κ3) is 4.70. The number of nitrogens with one attached hydrogen (secondary N) is 2. The lowest BCUT2D eigenvalue weighted by Gasteiger charge is -2.19. The predicted molar refractivity (Wildman–Crippen MR) is 99.6 cm³/mol.